The lowest BCUT2D eigenvalue weighted by Crippen LogP contribution is -2.19. The topological polar surface area (TPSA) is 123 Å². The molecule has 4 aromatic heterocycles. The Morgan fingerprint density at radius 1 is 1.25 bits per heavy atom. The van der Waals surface area contributed by atoms with Crippen LogP contribution < -0.4 is 16.5 Å². The summed E-state index contributed by atoms with van der Waals surface area (Å²) < 4.78 is 6.08. The lowest BCUT2D eigenvalue weighted by atomic mass is 10.3. The lowest BCUT2D eigenvalue weighted by molar-refractivity contribution is 0.102. The zero-order valence-electron chi connectivity index (χ0n) is 14.5. The number of thiophene rings is 1. The zero-order valence-corrected chi connectivity index (χ0v) is 15.3. The van der Waals surface area contributed by atoms with E-state index >= 15 is 0 Å². The number of carbonyl (C=O) groups is 1. The Hall–Kier alpha value is -3.79. The predicted octanol–water partition coefficient (Wildman–Crippen LogP) is 2.20. The van der Waals surface area contributed by atoms with Crippen LogP contribution in [0.25, 0.3) is 16.5 Å². The fraction of sp³-hybridized carbons (Fsp3) is 0.0556. The van der Waals surface area contributed by atoms with Gasteiger partial charge in [0.2, 0.25) is 5.95 Å². The minimum absolute atomic E-state index is 0.163. The van der Waals surface area contributed by atoms with Crippen molar-refractivity contribution in [2.24, 2.45) is 0 Å². The summed E-state index contributed by atoms with van der Waals surface area (Å²) in [6.45, 7) is 1.69. The quantitative estimate of drug-likeness (QED) is 0.546. The molecule has 0 bridgehead atoms. The molecule has 0 saturated carbocycles. The Labute approximate surface area is 161 Å². The van der Waals surface area contributed by atoms with Gasteiger partial charge in [-0.2, -0.15) is 9.78 Å². The first-order valence-electron chi connectivity index (χ1n) is 8.12. The molecular weight excluding hydrogens is 382 g/mol. The van der Waals surface area contributed by atoms with Gasteiger partial charge in [0.1, 0.15) is 17.8 Å². The van der Waals surface area contributed by atoms with Crippen LogP contribution in [0.15, 0.2) is 62.0 Å². The van der Waals surface area contributed by atoms with Crippen LogP contribution in [-0.4, -0.2) is 25.7 Å². The van der Waals surface area contributed by atoms with Crippen molar-refractivity contribution < 1.29 is 9.21 Å². The minimum atomic E-state index is -0.553. The summed E-state index contributed by atoms with van der Waals surface area (Å²) in [6, 6.07) is 9.32. The third-order valence-electron chi connectivity index (χ3n) is 3.75. The smallest absolute Gasteiger partial charge is 0.335 e. The highest BCUT2D eigenvalue weighted by Crippen LogP contribution is 2.27. The van der Waals surface area contributed by atoms with E-state index in [0.717, 1.165) is 17.2 Å². The number of nitrogens with one attached hydrogen (secondary N) is 2. The molecule has 0 fully saturated rings. The Balaban J connectivity index is 1.78. The number of nitrogens with zero attached hydrogens (tertiary/aromatic N) is 3. The van der Waals surface area contributed by atoms with Crippen LogP contribution in [0.2, 0.25) is 0 Å². The van der Waals surface area contributed by atoms with Gasteiger partial charge < -0.3 is 9.73 Å². The highest BCUT2D eigenvalue weighted by atomic mass is 32.1. The van der Waals surface area contributed by atoms with E-state index in [1.807, 2.05) is 17.5 Å². The number of hydrogen-bond donors (Lipinski definition) is 2. The van der Waals surface area contributed by atoms with Gasteiger partial charge in [0.25, 0.3) is 11.5 Å². The third-order valence-corrected chi connectivity index (χ3v) is 4.64. The van der Waals surface area contributed by atoms with Crippen LogP contribution in [0.3, 0.4) is 0 Å². The van der Waals surface area contributed by atoms with Gasteiger partial charge in [-0.1, -0.05) is 6.07 Å². The van der Waals surface area contributed by atoms with Crippen LogP contribution in [-0.2, 0) is 0 Å². The van der Waals surface area contributed by atoms with E-state index in [-0.39, 0.29) is 17.1 Å². The number of carbonyl (C=O) groups excluding carboxylic acids is 1. The molecular formula is C18H13N5O4S. The summed E-state index contributed by atoms with van der Waals surface area (Å²) in [7, 11) is 0. The maximum Gasteiger partial charge on any atom is 0.335 e. The second kappa shape index (κ2) is 7.08. The highest BCUT2D eigenvalue weighted by Gasteiger charge is 2.17. The molecule has 0 aliphatic carbocycles. The van der Waals surface area contributed by atoms with Gasteiger partial charge in [0.05, 0.1) is 10.4 Å². The number of aromatic nitrogens is 4. The van der Waals surface area contributed by atoms with Gasteiger partial charge in [-0.3, -0.25) is 14.6 Å². The minimum Gasteiger partial charge on any atom is -0.430 e. The molecule has 0 aliphatic rings. The number of anilines is 1. The van der Waals surface area contributed by atoms with Gasteiger partial charge in [0.15, 0.2) is 0 Å². The Morgan fingerprint density at radius 3 is 2.79 bits per heavy atom. The maximum atomic E-state index is 12.5. The van der Waals surface area contributed by atoms with Crippen molar-refractivity contribution >= 4 is 23.1 Å². The molecule has 1 amide bonds. The van der Waals surface area contributed by atoms with E-state index in [1.54, 1.807) is 13.0 Å². The summed E-state index contributed by atoms with van der Waals surface area (Å²) >= 11 is 1.49. The first-order valence-corrected chi connectivity index (χ1v) is 9.00. The third kappa shape index (κ3) is 3.53. The molecule has 0 unspecified atom stereocenters. The predicted molar refractivity (Wildman–Crippen MR) is 103 cm³/mol. The summed E-state index contributed by atoms with van der Waals surface area (Å²) in [5.74, 6) is -0.0336. The number of rotatable bonds is 4. The van der Waals surface area contributed by atoms with Gasteiger partial charge >= 0.3 is 5.63 Å². The number of aryl methyl sites for hydroxylation is 1. The molecule has 0 spiro atoms. The van der Waals surface area contributed by atoms with Crippen molar-refractivity contribution in [2.75, 3.05) is 5.32 Å². The molecule has 0 aromatic carbocycles. The van der Waals surface area contributed by atoms with E-state index in [1.165, 1.54) is 28.2 Å². The van der Waals surface area contributed by atoms with Crippen molar-refractivity contribution in [1.29, 1.82) is 0 Å². The van der Waals surface area contributed by atoms with E-state index in [2.05, 4.69) is 20.4 Å². The largest absolute Gasteiger partial charge is 0.430 e. The first kappa shape index (κ1) is 17.6. The Morgan fingerprint density at radius 2 is 2.11 bits per heavy atom. The van der Waals surface area contributed by atoms with Crippen LogP contribution >= 0.6 is 11.3 Å². The molecule has 4 heterocycles. The van der Waals surface area contributed by atoms with Gasteiger partial charge in [0, 0.05) is 23.9 Å². The highest BCUT2D eigenvalue weighted by molar-refractivity contribution is 7.13. The Kier molecular flexibility index (Phi) is 4.45. The molecule has 10 heteroatoms. The number of hydrogen-bond acceptors (Lipinski definition) is 7. The SMILES string of the molecule is Cc1cc(=O)[nH]c(-n2nc(-c3cccs3)cc2NC(=O)c2ccc(=O)oc2)n1. The average Bonchev–Trinajstić information content (AvgIpc) is 3.31. The summed E-state index contributed by atoms with van der Waals surface area (Å²) in [6.07, 6.45) is 1.07. The van der Waals surface area contributed by atoms with Crippen LogP contribution in [0.1, 0.15) is 16.1 Å². The summed E-state index contributed by atoms with van der Waals surface area (Å²) in [5.41, 5.74) is 0.389. The Bertz CT molecular complexity index is 1250. The molecule has 28 heavy (non-hydrogen) atoms. The molecule has 9 nitrogen and oxygen atoms in total. The van der Waals surface area contributed by atoms with Crippen molar-refractivity contribution in [3.8, 4) is 16.5 Å². The van der Waals surface area contributed by atoms with Crippen LogP contribution in [0.4, 0.5) is 5.82 Å². The normalized spacial score (nSPS) is 10.8. The molecule has 0 aliphatic heterocycles. The van der Waals surface area contributed by atoms with E-state index < -0.39 is 11.5 Å². The average molecular weight is 395 g/mol. The van der Waals surface area contributed by atoms with Crippen LogP contribution in [0, 0.1) is 6.92 Å². The van der Waals surface area contributed by atoms with Gasteiger partial charge in [-0.05, 0) is 24.4 Å². The van der Waals surface area contributed by atoms with Gasteiger partial charge in [-0.25, -0.2) is 9.78 Å². The number of amides is 1. The molecule has 0 atom stereocenters. The second-order valence-electron chi connectivity index (χ2n) is 5.81. The monoisotopic (exact) mass is 395 g/mol. The summed E-state index contributed by atoms with van der Waals surface area (Å²) in [5, 5.41) is 9.09. The standard InChI is InChI=1S/C18H13N5O4S/c1-10-7-15(24)21-18(19-10)23-14(8-12(22-23)13-3-2-6-28-13)20-17(26)11-4-5-16(25)27-9-11/h2-9H,1H3,(H,20,26)(H,19,21,24). The molecule has 140 valence electrons. The second-order valence-corrected chi connectivity index (χ2v) is 6.76. The molecule has 2 N–H and O–H groups in total. The van der Waals surface area contributed by atoms with E-state index in [4.69, 9.17) is 4.42 Å². The van der Waals surface area contributed by atoms with Gasteiger partial charge in [-0.15, -0.1) is 11.3 Å². The van der Waals surface area contributed by atoms with Crippen molar-refractivity contribution in [2.45, 2.75) is 6.92 Å². The number of aromatic amines is 1. The fourth-order valence-electron chi connectivity index (χ4n) is 2.52. The molecule has 0 radical (unpaired) electrons. The number of H-pyrrole nitrogens is 1. The molecule has 4 rings (SSSR count). The maximum absolute atomic E-state index is 12.5. The first-order chi connectivity index (χ1) is 13.5. The van der Waals surface area contributed by atoms with E-state index in [0.29, 0.717) is 17.2 Å². The summed E-state index contributed by atoms with van der Waals surface area (Å²) in [4.78, 5) is 43.2. The van der Waals surface area contributed by atoms with E-state index in [9.17, 15) is 14.4 Å². The van der Waals surface area contributed by atoms with Crippen molar-refractivity contribution in [3.63, 3.8) is 0 Å². The zero-order chi connectivity index (χ0) is 19.7. The molecule has 4 aromatic rings. The lowest BCUT2D eigenvalue weighted by Gasteiger charge is -2.08. The van der Waals surface area contributed by atoms with Crippen molar-refractivity contribution in [3.05, 3.63) is 80.1 Å². The van der Waals surface area contributed by atoms with Crippen molar-refractivity contribution in [1.82, 2.24) is 19.7 Å². The molecule has 0 saturated heterocycles. The van der Waals surface area contributed by atoms with Crippen LogP contribution in [0.5, 0.6) is 0 Å². The fourth-order valence-corrected chi connectivity index (χ4v) is 3.20.